The Bertz CT molecular complexity index is 4330. The van der Waals surface area contributed by atoms with E-state index >= 15 is 0 Å². The number of ether oxygens (including phenoxy) is 3. The van der Waals surface area contributed by atoms with E-state index in [4.69, 9.17) is 72.2 Å². The van der Waals surface area contributed by atoms with Crippen molar-refractivity contribution in [1.29, 1.82) is 0 Å². The molecule has 27 nitrogen and oxygen atoms in total. The zero-order valence-corrected chi connectivity index (χ0v) is 65.0. The molecule has 96 heavy (non-hydrogen) atoms. The largest absolute Gasteiger partial charge is 1.00 e. The molecule has 3 spiro atoms. The first-order valence-corrected chi connectivity index (χ1v) is 35.6. The quantitative estimate of drug-likeness (QED) is 0.127. The standard InChI is InChI=1S/C21H26ClN7O2S.2C18H24IN5O3.C5H5ClN2S.Na/c1-11-16(23)21(10-31-11)4-7-29(8-5-21)20-27-12-9-26-18(14(12)19(30)28(20)2)32-13-3-6-25-17(24)15(13)22;1-10-11(2)27-9-18(10)5-7-23(8-6-18)17-20-15-13(16(26)22(17)4)14(19)24(21-15)12(3)25;1-10-11(2)27-9-18(10)5-7-23(8-6-18)17-20-15-13(16(26)22(17)4)14(19)21-24(15)12(3)25;6-4-3(9)1-2-8-5(4)7;/h3,6,11,16H,4-5,7-10,23H2,1-2H3,(H2,24,25);2*10-11H,5-9H2,1-4H3;1-2H,(H3,7,8,9);/q;;;;+1/p-1/t11-,16+;2*10-,11+;;/m011../s1. The number of aliphatic imine (C=N–C) groups is 1. The van der Waals surface area contributed by atoms with Crippen LogP contribution in [0.5, 0.6) is 0 Å². The first-order valence-electron chi connectivity index (χ1n) is 31.5. The van der Waals surface area contributed by atoms with E-state index in [0.717, 1.165) is 91.0 Å². The Kier molecular flexibility index (Phi) is 22.8. The van der Waals surface area contributed by atoms with Crippen molar-refractivity contribution in [3.8, 4) is 0 Å². The summed E-state index contributed by atoms with van der Waals surface area (Å²) in [6.07, 6.45) is 9.70. The Hall–Kier alpha value is -4.66. The van der Waals surface area contributed by atoms with Crippen LogP contribution in [0.1, 0.15) is 108 Å². The molecule has 6 atom stereocenters. The zero-order valence-electron chi connectivity index (χ0n) is 55.6. The number of piperidine rings is 3. The molecule has 7 aromatic rings. The molecule has 0 saturated carbocycles. The van der Waals surface area contributed by atoms with Crippen LogP contribution in [0.2, 0.25) is 10.0 Å². The van der Waals surface area contributed by atoms with Crippen molar-refractivity contribution in [1.82, 2.24) is 58.2 Å². The van der Waals surface area contributed by atoms with Gasteiger partial charge in [-0.3, -0.25) is 42.7 Å². The molecule has 0 aliphatic carbocycles. The van der Waals surface area contributed by atoms with Gasteiger partial charge in [-0.05, 0) is 122 Å². The van der Waals surface area contributed by atoms with E-state index in [-0.39, 0.29) is 92.3 Å². The third-order valence-corrected chi connectivity index (χ3v) is 24.9. The maximum absolute atomic E-state index is 13.3. The van der Waals surface area contributed by atoms with Gasteiger partial charge in [0.1, 0.15) is 34.9 Å². The van der Waals surface area contributed by atoms with Crippen LogP contribution in [0.4, 0.5) is 29.5 Å². The number of aromatic nitrogens is 12. The van der Waals surface area contributed by atoms with Gasteiger partial charge in [-0.15, -0.1) is 5.10 Å². The molecule has 6 fully saturated rings. The number of nitrogens with zero attached hydrogens (tertiary/aromatic N) is 16. The predicted molar refractivity (Wildman–Crippen MR) is 386 cm³/mol. The van der Waals surface area contributed by atoms with E-state index in [9.17, 15) is 24.0 Å². The number of anilines is 5. The van der Waals surface area contributed by atoms with E-state index in [0.29, 0.717) is 126 Å². The van der Waals surface area contributed by atoms with Crippen molar-refractivity contribution in [3.05, 3.63) is 84.3 Å². The maximum atomic E-state index is 13.3. The third kappa shape index (κ3) is 13.9. The van der Waals surface area contributed by atoms with E-state index in [1.165, 1.54) is 41.2 Å². The van der Waals surface area contributed by atoms with Gasteiger partial charge in [-0.1, -0.05) is 54.9 Å². The van der Waals surface area contributed by atoms with Crippen LogP contribution in [0.3, 0.4) is 0 Å². The molecule has 7 aliphatic rings. The molecule has 0 bridgehead atoms. The monoisotopic (exact) mass is 1630 g/mol. The van der Waals surface area contributed by atoms with E-state index in [2.05, 4.69) is 77.5 Å². The van der Waals surface area contributed by atoms with Crippen LogP contribution in [0.15, 0.2) is 53.7 Å². The fourth-order valence-corrected chi connectivity index (χ4v) is 17.1. The number of carbonyl (C=O) groups is 2. The summed E-state index contributed by atoms with van der Waals surface area (Å²) in [6, 6.07) is 3.44. The molecule has 0 unspecified atom stereocenters. The first kappa shape index (κ1) is 74.0. The molecule has 0 radical (unpaired) electrons. The Labute approximate surface area is 624 Å². The number of carbonyl (C=O) groups excluding carboxylic acids is 2. The minimum absolute atomic E-state index is 0. The molecule has 14 heterocycles. The minimum atomic E-state index is -0.252. The summed E-state index contributed by atoms with van der Waals surface area (Å²) >= 11 is 21.9. The van der Waals surface area contributed by atoms with E-state index in [1.54, 1.807) is 53.2 Å². The van der Waals surface area contributed by atoms with Gasteiger partial charge in [0.05, 0.1) is 66.0 Å². The summed E-state index contributed by atoms with van der Waals surface area (Å²) in [6.45, 7) is 21.3. The molecule has 6 saturated heterocycles. The van der Waals surface area contributed by atoms with Crippen LogP contribution in [0, 0.1) is 35.5 Å². The number of hydrogen-bond acceptors (Lipinski definition) is 24. The van der Waals surface area contributed by atoms with Gasteiger partial charge in [0.15, 0.2) is 11.3 Å². The fraction of sp³-hybridized carbons (Fsp3) is 0.565. The number of thioether (sulfide) groups is 1. The number of nitrogens with two attached hydrogens (primary N) is 3. The number of nitrogen functional groups attached to an aromatic ring is 2. The van der Waals surface area contributed by atoms with Gasteiger partial charge in [0.2, 0.25) is 29.7 Å². The Balaban J connectivity index is 0.000000147. The van der Waals surface area contributed by atoms with Crippen molar-refractivity contribution in [2.45, 2.75) is 128 Å². The Morgan fingerprint density at radius 2 is 1.09 bits per heavy atom. The summed E-state index contributed by atoms with van der Waals surface area (Å²) in [5.74, 6) is 3.02. The van der Waals surface area contributed by atoms with E-state index < -0.39 is 0 Å². The third-order valence-electron chi connectivity index (χ3n) is 20.8. The summed E-state index contributed by atoms with van der Waals surface area (Å²) in [5, 5.41) is 10.6. The summed E-state index contributed by atoms with van der Waals surface area (Å²) in [5.41, 5.74) is 19.5. The van der Waals surface area contributed by atoms with Gasteiger partial charge < -0.3 is 58.7 Å². The normalized spacial score (nSPS) is 22.9. The van der Waals surface area contributed by atoms with Crippen molar-refractivity contribution in [3.63, 3.8) is 0 Å². The Morgan fingerprint density at radius 3 is 1.57 bits per heavy atom. The number of rotatable bonds is 4. The number of hydrogen-bond donors (Lipinski definition) is 3. The van der Waals surface area contributed by atoms with Crippen LogP contribution < -0.4 is 78.1 Å². The predicted octanol–water partition coefficient (Wildman–Crippen LogP) is 4.10. The van der Waals surface area contributed by atoms with Crippen LogP contribution >= 0.6 is 80.1 Å². The van der Waals surface area contributed by atoms with Gasteiger partial charge in [-0.2, -0.15) is 29.3 Å². The smallest absolute Gasteiger partial charge is 0.778 e. The van der Waals surface area contributed by atoms with Crippen molar-refractivity contribution in [2.24, 2.45) is 59.9 Å². The average Bonchev–Trinajstić information content (AvgIpc) is 1.58. The molecule has 14 rings (SSSR count). The molecule has 34 heteroatoms. The van der Waals surface area contributed by atoms with Crippen LogP contribution in [-0.4, -0.2) is 158 Å². The van der Waals surface area contributed by atoms with Crippen LogP contribution in [0.25, 0.3) is 22.1 Å². The van der Waals surface area contributed by atoms with Gasteiger partial charge in [-0.25, -0.2) is 15.0 Å². The van der Waals surface area contributed by atoms with Crippen LogP contribution in [-0.2, 0) is 54.5 Å². The molecule has 0 amide bonds. The van der Waals surface area contributed by atoms with Gasteiger partial charge in [0, 0.05) is 114 Å². The number of halogens is 4. The molecule has 6 N–H and O–H groups in total. The molecule has 7 aromatic heterocycles. The van der Waals surface area contributed by atoms with Crippen molar-refractivity contribution < 1.29 is 53.4 Å². The molecule has 510 valence electrons. The number of pyridine rings is 2. The summed E-state index contributed by atoms with van der Waals surface area (Å²) < 4.78 is 25.9. The fourth-order valence-electron chi connectivity index (χ4n) is 14.1. The number of fused-ring (bicyclic) bond motifs is 3. The second-order valence-electron chi connectivity index (χ2n) is 25.9. The Morgan fingerprint density at radius 1 is 0.635 bits per heavy atom. The molecule has 7 aliphatic heterocycles. The second-order valence-corrected chi connectivity index (χ2v) is 30.2. The average molecular weight is 1630 g/mol. The summed E-state index contributed by atoms with van der Waals surface area (Å²) in [7, 11) is 5.23. The molecular weight excluding hydrogens is 1550 g/mol. The molecular formula is C62H78Cl2I2N19NaO8S2. The van der Waals surface area contributed by atoms with E-state index in [1.807, 2.05) is 52.1 Å². The van der Waals surface area contributed by atoms with Gasteiger partial charge in [0.25, 0.3) is 16.7 Å². The molecule has 0 aromatic carbocycles. The SMILES string of the molecule is CC(=O)n1nc(I)c2c(=O)n(C)c(N3CCC4(CC3)CO[C@@H](C)[C@H]4C)nc21.CC(=O)n1nc2nc(N3CCC4(CC3)CO[C@@H](C)[C@H]4C)n(C)c(=O)c2c1I.C[C@@H]1OCC2(CCN(c3nc4c(c(=O)n3C)C(Sc3ccnc(N)c3Cl)=NC4)CC2)[C@@H]1N.Nc1nccc([S-])c1Cl.[Na+]. The zero-order chi connectivity index (χ0) is 68.5. The second kappa shape index (κ2) is 29.5. The van der Waals surface area contributed by atoms with Crippen molar-refractivity contribution >= 4 is 161 Å². The minimum Gasteiger partial charge on any atom is -0.778 e. The summed E-state index contributed by atoms with van der Waals surface area (Å²) in [4.78, 5) is 97.0. The topological polar surface area (TPSA) is 328 Å². The first-order chi connectivity index (χ1) is 45.0. The van der Waals surface area contributed by atoms with Gasteiger partial charge >= 0.3 is 29.6 Å². The maximum Gasteiger partial charge on any atom is 1.00 e. The van der Waals surface area contributed by atoms with Crippen molar-refractivity contribution in [2.75, 3.05) is 85.3 Å².